The molecule has 0 fully saturated rings. The Balaban J connectivity index is 2.02. The predicted molar refractivity (Wildman–Crippen MR) is 99.1 cm³/mol. The molecule has 6 nitrogen and oxygen atoms in total. The molecule has 0 heterocycles. The Kier molecular flexibility index (Phi) is 7.57. The van der Waals surface area contributed by atoms with Gasteiger partial charge in [-0.1, -0.05) is 18.5 Å². The van der Waals surface area contributed by atoms with Crippen molar-refractivity contribution >= 4 is 29.2 Å². The number of methoxy groups -OCH3 is 1. The van der Waals surface area contributed by atoms with Gasteiger partial charge in [-0.25, -0.2) is 13.6 Å². The zero-order valence-electron chi connectivity index (χ0n) is 15.2. The first kappa shape index (κ1) is 21.4. The van der Waals surface area contributed by atoms with Gasteiger partial charge in [0.25, 0.3) is 5.91 Å². The number of nitrogens with one attached hydrogen (secondary N) is 1. The third-order valence-corrected chi connectivity index (χ3v) is 3.74. The quantitative estimate of drug-likeness (QED) is 0.656. The molecule has 0 unspecified atom stereocenters. The Labute approximate surface area is 165 Å². The van der Waals surface area contributed by atoms with Crippen molar-refractivity contribution < 1.29 is 32.6 Å². The van der Waals surface area contributed by atoms with Crippen LogP contribution in [0.3, 0.4) is 0 Å². The molecule has 0 spiro atoms. The van der Waals surface area contributed by atoms with Crippen LogP contribution in [-0.2, 0) is 9.53 Å². The highest BCUT2D eigenvalue weighted by Crippen LogP contribution is 2.36. The van der Waals surface area contributed by atoms with Gasteiger partial charge in [0.15, 0.2) is 18.1 Å². The molecule has 28 heavy (non-hydrogen) atoms. The first-order valence-corrected chi connectivity index (χ1v) is 8.65. The van der Waals surface area contributed by atoms with Crippen molar-refractivity contribution in [2.24, 2.45) is 0 Å². The summed E-state index contributed by atoms with van der Waals surface area (Å²) in [5.74, 6) is -2.81. The SMILES string of the molecule is CCCOc1c(Cl)cc(C(=O)OCC(=O)Nc2ccc(F)cc2F)cc1OC. The first-order valence-electron chi connectivity index (χ1n) is 8.28. The number of carbonyl (C=O) groups excluding carboxylic acids is 2. The van der Waals surface area contributed by atoms with Crippen LogP contribution >= 0.6 is 11.6 Å². The third kappa shape index (κ3) is 5.56. The summed E-state index contributed by atoms with van der Waals surface area (Å²) in [6.07, 6.45) is 0.757. The molecule has 1 N–H and O–H groups in total. The van der Waals surface area contributed by atoms with Gasteiger partial charge >= 0.3 is 5.97 Å². The number of amides is 1. The molecule has 0 saturated carbocycles. The number of hydrogen-bond donors (Lipinski definition) is 1. The largest absolute Gasteiger partial charge is 0.493 e. The number of benzene rings is 2. The second-order valence-electron chi connectivity index (χ2n) is 5.59. The van der Waals surface area contributed by atoms with Crippen molar-refractivity contribution in [2.75, 3.05) is 25.6 Å². The van der Waals surface area contributed by atoms with Crippen LogP contribution < -0.4 is 14.8 Å². The number of anilines is 1. The molecule has 2 rings (SSSR count). The molecule has 0 bridgehead atoms. The van der Waals surface area contributed by atoms with Crippen LogP contribution in [0.2, 0.25) is 5.02 Å². The molecule has 0 aliphatic carbocycles. The fourth-order valence-corrected chi connectivity index (χ4v) is 2.44. The lowest BCUT2D eigenvalue weighted by atomic mass is 10.2. The summed E-state index contributed by atoms with van der Waals surface area (Å²) in [6, 6.07) is 5.37. The van der Waals surface area contributed by atoms with Gasteiger partial charge in [-0.2, -0.15) is 0 Å². The lowest BCUT2D eigenvalue weighted by molar-refractivity contribution is -0.119. The average Bonchev–Trinajstić information content (AvgIpc) is 2.66. The number of carbonyl (C=O) groups is 2. The summed E-state index contributed by atoms with van der Waals surface area (Å²) in [5.41, 5.74) is -0.184. The Hall–Kier alpha value is -2.87. The zero-order valence-corrected chi connectivity index (χ0v) is 15.9. The highest BCUT2D eigenvalue weighted by Gasteiger charge is 2.18. The second-order valence-corrected chi connectivity index (χ2v) is 5.99. The van der Waals surface area contributed by atoms with Crippen molar-refractivity contribution in [1.29, 1.82) is 0 Å². The van der Waals surface area contributed by atoms with E-state index in [1.807, 2.05) is 6.92 Å². The highest BCUT2D eigenvalue weighted by molar-refractivity contribution is 6.32. The molecule has 0 saturated heterocycles. The molecule has 2 aromatic rings. The van der Waals surface area contributed by atoms with Gasteiger partial charge in [-0.05, 0) is 30.7 Å². The van der Waals surface area contributed by atoms with Gasteiger partial charge in [-0.15, -0.1) is 0 Å². The molecule has 0 atom stereocenters. The van der Waals surface area contributed by atoms with Crippen LogP contribution in [0, 0.1) is 11.6 Å². The molecule has 0 aliphatic rings. The lowest BCUT2D eigenvalue weighted by Gasteiger charge is -2.13. The number of rotatable bonds is 8. The summed E-state index contributed by atoms with van der Waals surface area (Å²) >= 11 is 6.13. The van der Waals surface area contributed by atoms with Crippen molar-refractivity contribution in [3.8, 4) is 11.5 Å². The molecule has 0 aromatic heterocycles. The molecular weight excluding hydrogens is 396 g/mol. The highest BCUT2D eigenvalue weighted by atomic mass is 35.5. The van der Waals surface area contributed by atoms with Gasteiger partial charge in [0.05, 0.1) is 30.0 Å². The summed E-state index contributed by atoms with van der Waals surface area (Å²) in [4.78, 5) is 24.0. The van der Waals surface area contributed by atoms with Gasteiger partial charge < -0.3 is 19.5 Å². The summed E-state index contributed by atoms with van der Waals surface area (Å²) in [7, 11) is 1.39. The van der Waals surface area contributed by atoms with Gasteiger partial charge in [0, 0.05) is 6.07 Å². The molecule has 0 aliphatic heterocycles. The van der Waals surface area contributed by atoms with Crippen LogP contribution in [0.15, 0.2) is 30.3 Å². The van der Waals surface area contributed by atoms with E-state index in [1.165, 1.54) is 19.2 Å². The summed E-state index contributed by atoms with van der Waals surface area (Å²) < 4.78 is 42.0. The number of ether oxygens (including phenoxy) is 3. The molecule has 2 aromatic carbocycles. The number of halogens is 3. The van der Waals surface area contributed by atoms with E-state index in [1.54, 1.807) is 0 Å². The van der Waals surface area contributed by atoms with E-state index in [9.17, 15) is 18.4 Å². The minimum atomic E-state index is -0.945. The fourth-order valence-electron chi connectivity index (χ4n) is 2.17. The molecule has 150 valence electrons. The van der Waals surface area contributed by atoms with E-state index in [-0.39, 0.29) is 22.0 Å². The Morgan fingerprint density at radius 1 is 1.18 bits per heavy atom. The van der Waals surface area contributed by atoms with Crippen molar-refractivity contribution in [3.05, 3.63) is 52.6 Å². The average molecular weight is 414 g/mol. The van der Waals surface area contributed by atoms with Gasteiger partial charge in [0.2, 0.25) is 0 Å². The van der Waals surface area contributed by atoms with E-state index in [2.05, 4.69) is 5.32 Å². The van der Waals surface area contributed by atoms with E-state index < -0.39 is 30.1 Å². The van der Waals surface area contributed by atoms with Crippen LogP contribution in [0.5, 0.6) is 11.5 Å². The Morgan fingerprint density at radius 2 is 1.93 bits per heavy atom. The molecule has 9 heteroatoms. The maximum Gasteiger partial charge on any atom is 0.338 e. The van der Waals surface area contributed by atoms with Crippen LogP contribution in [0.1, 0.15) is 23.7 Å². The van der Waals surface area contributed by atoms with Crippen molar-refractivity contribution in [2.45, 2.75) is 13.3 Å². The maximum atomic E-state index is 13.5. The number of hydrogen-bond acceptors (Lipinski definition) is 5. The number of esters is 1. The van der Waals surface area contributed by atoms with E-state index in [4.69, 9.17) is 25.8 Å². The summed E-state index contributed by atoms with van der Waals surface area (Å²) in [6.45, 7) is 1.67. The summed E-state index contributed by atoms with van der Waals surface area (Å²) in [5, 5.41) is 2.33. The monoisotopic (exact) mass is 413 g/mol. The van der Waals surface area contributed by atoms with Gasteiger partial charge in [-0.3, -0.25) is 4.79 Å². The van der Waals surface area contributed by atoms with Crippen molar-refractivity contribution in [1.82, 2.24) is 0 Å². The molecule has 1 amide bonds. The Morgan fingerprint density at radius 3 is 2.57 bits per heavy atom. The van der Waals surface area contributed by atoms with Crippen LogP contribution in [0.4, 0.5) is 14.5 Å². The standard InChI is InChI=1S/C19H18ClF2NO5/c1-3-6-27-18-13(20)7-11(8-16(18)26-2)19(25)28-10-17(24)23-15-5-4-12(21)9-14(15)22/h4-5,7-9H,3,6,10H2,1-2H3,(H,23,24). The van der Waals surface area contributed by atoms with Crippen LogP contribution in [-0.4, -0.2) is 32.2 Å². The van der Waals surface area contributed by atoms with Crippen molar-refractivity contribution in [3.63, 3.8) is 0 Å². The first-order chi connectivity index (χ1) is 13.3. The molecular formula is C19H18ClF2NO5. The van der Waals surface area contributed by atoms with E-state index in [0.29, 0.717) is 18.4 Å². The molecule has 0 radical (unpaired) electrons. The predicted octanol–water partition coefficient (Wildman–Crippen LogP) is 4.21. The fraction of sp³-hybridized carbons (Fsp3) is 0.263. The topological polar surface area (TPSA) is 73.9 Å². The maximum absolute atomic E-state index is 13.5. The zero-order chi connectivity index (χ0) is 20.7. The minimum absolute atomic E-state index is 0.0476. The lowest BCUT2D eigenvalue weighted by Crippen LogP contribution is -2.21. The third-order valence-electron chi connectivity index (χ3n) is 3.46. The van der Waals surface area contributed by atoms with E-state index in [0.717, 1.165) is 18.6 Å². The Bertz CT molecular complexity index is 876. The smallest absolute Gasteiger partial charge is 0.338 e. The van der Waals surface area contributed by atoms with Crippen LogP contribution in [0.25, 0.3) is 0 Å². The second kappa shape index (κ2) is 9.89. The van der Waals surface area contributed by atoms with Gasteiger partial charge in [0.1, 0.15) is 11.6 Å². The minimum Gasteiger partial charge on any atom is -0.493 e. The van der Waals surface area contributed by atoms with E-state index >= 15 is 0 Å². The normalized spacial score (nSPS) is 10.3.